The van der Waals surface area contributed by atoms with Gasteiger partial charge in [0.2, 0.25) is 0 Å². The third-order valence-electron chi connectivity index (χ3n) is 2.40. The fourth-order valence-corrected chi connectivity index (χ4v) is 1.39. The SMILES string of the molecule is COCCNCCCCC1CC1. The van der Waals surface area contributed by atoms with Crippen LogP contribution < -0.4 is 5.32 Å². The molecule has 12 heavy (non-hydrogen) atoms. The molecule has 72 valence electrons. The maximum Gasteiger partial charge on any atom is 0.0587 e. The molecule has 1 aliphatic rings. The Labute approximate surface area is 75.7 Å². The van der Waals surface area contributed by atoms with Crippen molar-refractivity contribution in [2.75, 3.05) is 26.8 Å². The van der Waals surface area contributed by atoms with Crippen molar-refractivity contribution in [3.05, 3.63) is 0 Å². The predicted molar refractivity (Wildman–Crippen MR) is 51.3 cm³/mol. The van der Waals surface area contributed by atoms with E-state index in [1.54, 1.807) is 7.11 Å². The Morgan fingerprint density at radius 1 is 1.25 bits per heavy atom. The second-order valence-corrected chi connectivity index (χ2v) is 3.68. The van der Waals surface area contributed by atoms with Gasteiger partial charge in [0.1, 0.15) is 0 Å². The predicted octanol–water partition coefficient (Wildman–Crippen LogP) is 1.80. The van der Waals surface area contributed by atoms with Crippen molar-refractivity contribution in [2.45, 2.75) is 32.1 Å². The van der Waals surface area contributed by atoms with Crippen molar-refractivity contribution in [1.82, 2.24) is 5.32 Å². The van der Waals surface area contributed by atoms with Crippen LogP contribution in [0.15, 0.2) is 0 Å². The molecular weight excluding hydrogens is 150 g/mol. The summed E-state index contributed by atoms with van der Waals surface area (Å²) in [5.74, 6) is 1.10. The Morgan fingerprint density at radius 3 is 2.75 bits per heavy atom. The van der Waals surface area contributed by atoms with Crippen LogP contribution in [-0.2, 0) is 4.74 Å². The van der Waals surface area contributed by atoms with Crippen LogP contribution in [0.5, 0.6) is 0 Å². The summed E-state index contributed by atoms with van der Waals surface area (Å²) in [5.41, 5.74) is 0. The number of methoxy groups -OCH3 is 1. The van der Waals surface area contributed by atoms with Crippen molar-refractivity contribution < 1.29 is 4.74 Å². The van der Waals surface area contributed by atoms with Gasteiger partial charge in [-0.05, 0) is 18.9 Å². The highest BCUT2D eigenvalue weighted by Crippen LogP contribution is 2.33. The summed E-state index contributed by atoms with van der Waals surface area (Å²) in [5, 5.41) is 3.36. The van der Waals surface area contributed by atoms with Crippen LogP contribution in [0.1, 0.15) is 32.1 Å². The van der Waals surface area contributed by atoms with Crippen LogP contribution in [0.4, 0.5) is 0 Å². The zero-order chi connectivity index (χ0) is 8.65. The van der Waals surface area contributed by atoms with Gasteiger partial charge in [0.05, 0.1) is 6.61 Å². The fraction of sp³-hybridized carbons (Fsp3) is 1.00. The molecule has 0 saturated heterocycles. The second-order valence-electron chi connectivity index (χ2n) is 3.68. The van der Waals surface area contributed by atoms with Crippen LogP contribution >= 0.6 is 0 Å². The maximum absolute atomic E-state index is 4.93. The van der Waals surface area contributed by atoms with Crippen LogP contribution in [0.25, 0.3) is 0 Å². The van der Waals surface area contributed by atoms with Gasteiger partial charge in [0, 0.05) is 13.7 Å². The van der Waals surface area contributed by atoms with E-state index in [9.17, 15) is 0 Å². The smallest absolute Gasteiger partial charge is 0.0587 e. The minimum atomic E-state index is 0.836. The molecule has 0 heterocycles. The highest BCUT2D eigenvalue weighted by Gasteiger charge is 2.19. The second kappa shape index (κ2) is 6.44. The summed E-state index contributed by atoms with van der Waals surface area (Å²) in [6.45, 7) is 3.00. The lowest BCUT2D eigenvalue weighted by atomic mass is 10.2. The molecule has 0 bridgehead atoms. The van der Waals surface area contributed by atoms with Crippen LogP contribution in [0.2, 0.25) is 0 Å². The van der Waals surface area contributed by atoms with Crippen LogP contribution in [0, 0.1) is 5.92 Å². The zero-order valence-electron chi connectivity index (χ0n) is 8.14. The van der Waals surface area contributed by atoms with E-state index in [-0.39, 0.29) is 0 Å². The summed E-state index contributed by atoms with van der Waals surface area (Å²) >= 11 is 0. The minimum Gasteiger partial charge on any atom is -0.383 e. The Bertz CT molecular complexity index is 102. The van der Waals surface area contributed by atoms with Crippen molar-refractivity contribution in [3.8, 4) is 0 Å². The largest absolute Gasteiger partial charge is 0.383 e. The normalized spacial score (nSPS) is 16.8. The molecule has 1 aliphatic carbocycles. The molecule has 0 aliphatic heterocycles. The summed E-state index contributed by atoms with van der Waals surface area (Å²) in [7, 11) is 1.74. The molecule has 2 nitrogen and oxygen atoms in total. The molecule has 0 atom stereocenters. The molecule has 1 fully saturated rings. The maximum atomic E-state index is 4.93. The third-order valence-corrected chi connectivity index (χ3v) is 2.40. The fourth-order valence-electron chi connectivity index (χ4n) is 1.39. The molecule has 0 radical (unpaired) electrons. The molecule has 0 spiro atoms. The first-order valence-corrected chi connectivity index (χ1v) is 5.13. The standard InChI is InChI=1S/C10H21NO/c1-12-9-8-11-7-3-2-4-10-5-6-10/h10-11H,2-9H2,1H3. The van der Waals surface area contributed by atoms with Gasteiger partial charge in [-0.1, -0.05) is 25.7 Å². The van der Waals surface area contributed by atoms with Crippen molar-refractivity contribution >= 4 is 0 Å². The van der Waals surface area contributed by atoms with E-state index in [0.717, 1.165) is 25.6 Å². The van der Waals surface area contributed by atoms with Gasteiger partial charge < -0.3 is 10.1 Å². The minimum absolute atomic E-state index is 0.836. The molecule has 1 saturated carbocycles. The summed E-state index contributed by atoms with van der Waals surface area (Å²) < 4.78 is 4.93. The average Bonchev–Trinajstić information content (AvgIpc) is 2.87. The highest BCUT2D eigenvalue weighted by atomic mass is 16.5. The van der Waals surface area contributed by atoms with Gasteiger partial charge in [-0.25, -0.2) is 0 Å². The lowest BCUT2D eigenvalue weighted by Gasteiger charge is -2.02. The molecule has 0 aromatic rings. The van der Waals surface area contributed by atoms with Gasteiger partial charge >= 0.3 is 0 Å². The summed E-state index contributed by atoms with van der Waals surface area (Å²) in [6.07, 6.45) is 7.20. The first kappa shape index (κ1) is 10.0. The van der Waals surface area contributed by atoms with Gasteiger partial charge in [0.15, 0.2) is 0 Å². The third kappa shape index (κ3) is 5.56. The molecule has 1 rings (SSSR count). The monoisotopic (exact) mass is 171 g/mol. The average molecular weight is 171 g/mol. The van der Waals surface area contributed by atoms with Crippen molar-refractivity contribution in [1.29, 1.82) is 0 Å². The van der Waals surface area contributed by atoms with Gasteiger partial charge in [-0.15, -0.1) is 0 Å². The van der Waals surface area contributed by atoms with E-state index in [1.165, 1.54) is 32.1 Å². The molecular formula is C10H21NO. The quantitative estimate of drug-likeness (QED) is 0.562. The Kier molecular flexibility index (Phi) is 5.37. The lowest BCUT2D eigenvalue weighted by molar-refractivity contribution is 0.199. The first-order valence-electron chi connectivity index (χ1n) is 5.13. The number of hydrogen-bond donors (Lipinski definition) is 1. The van der Waals surface area contributed by atoms with Crippen LogP contribution in [-0.4, -0.2) is 26.8 Å². The molecule has 2 heteroatoms. The van der Waals surface area contributed by atoms with Crippen molar-refractivity contribution in [3.63, 3.8) is 0 Å². The van der Waals surface area contributed by atoms with E-state index >= 15 is 0 Å². The van der Waals surface area contributed by atoms with Crippen LogP contribution in [0.3, 0.4) is 0 Å². The van der Waals surface area contributed by atoms with E-state index in [2.05, 4.69) is 5.32 Å². The zero-order valence-corrected chi connectivity index (χ0v) is 8.14. The molecule has 0 aromatic carbocycles. The van der Waals surface area contributed by atoms with Gasteiger partial charge in [-0.2, -0.15) is 0 Å². The molecule has 0 amide bonds. The Morgan fingerprint density at radius 2 is 2.08 bits per heavy atom. The van der Waals surface area contributed by atoms with Gasteiger partial charge in [-0.3, -0.25) is 0 Å². The Balaban J connectivity index is 1.65. The first-order chi connectivity index (χ1) is 5.93. The highest BCUT2D eigenvalue weighted by molar-refractivity contribution is 4.72. The molecule has 1 N–H and O–H groups in total. The number of hydrogen-bond acceptors (Lipinski definition) is 2. The number of nitrogens with one attached hydrogen (secondary N) is 1. The summed E-state index contributed by atoms with van der Waals surface area (Å²) in [6, 6.07) is 0. The number of ether oxygens (including phenoxy) is 1. The molecule has 0 unspecified atom stereocenters. The number of rotatable bonds is 8. The van der Waals surface area contributed by atoms with Crippen molar-refractivity contribution in [2.24, 2.45) is 5.92 Å². The summed E-state index contributed by atoms with van der Waals surface area (Å²) in [4.78, 5) is 0. The topological polar surface area (TPSA) is 21.3 Å². The van der Waals surface area contributed by atoms with E-state index in [4.69, 9.17) is 4.74 Å². The Hall–Kier alpha value is -0.0800. The lowest BCUT2D eigenvalue weighted by Crippen LogP contribution is -2.20. The van der Waals surface area contributed by atoms with E-state index in [0.29, 0.717) is 0 Å². The van der Waals surface area contributed by atoms with E-state index in [1.807, 2.05) is 0 Å². The molecule has 0 aromatic heterocycles. The van der Waals surface area contributed by atoms with Gasteiger partial charge in [0.25, 0.3) is 0 Å². The number of unbranched alkanes of at least 4 members (excludes halogenated alkanes) is 1. The van der Waals surface area contributed by atoms with E-state index < -0.39 is 0 Å².